The molecule has 4 N–H and O–H groups in total. The fourth-order valence-electron chi connectivity index (χ4n) is 4.80. The second kappa shape index (κ2) is 24.6. The first kappa shape index (κ1) is 37.5. The molecule has 0 aromatic rings. The molecule has 0 saturated heterocycles. The Morgan fingerprint density at radius 3 is 1.44 bits per heavy atom. The van der Waals surface area contributed by atoms with E-state index in [1.54, 1.807) is 0 Å². The SMILES string of the molecule is CC1CCC(C(C)C)C(O)C1.CCCCCCCCCCCCCCCCCC(=O)O.O=S(=O)(O)O. The largest absolute Gasteiger partial charge is 0.481 e. The summed E-state index contributed by atoms with van der Waals surface area (Å²) in [7, 11) is -4.67. The van der Waals surface area contributed by atoms with Crippen LogP contribution < -0.4 is 0 Å². The van der Waals surface area contributed by atoms with Gasteiger partial charge in [-0.05, 0) is 37.0 Å². The number of hydrogen-bond acceptors (Lipinski definition) is 4. The first-order valence-electron chi connectivity index (χ1n) is 14.5. The van der Waals surface area contributed by atoms with Crippen molar-refractivity contribution in [2.24, 2.45) is 17.8 Å². The fraction of sp³-hybridized carbons (Fsp3) is 0.964. The van der Waals surface area contributed by atoms with E-state index in [4.69, 9.17) is 22.6 Å². The summed E-state index contributed by atoms with van der Waals surface area (Å²) < 4.78 is 31.6. The number of carboxylic acid groups (broad SMARTS) is 1. The van der Waals surface area contributed by atoms with E-state index in [1.165, 1.54) is 96.3 Å². The summed E-state index contributed by atoms with van der Waals surface area (Å²) in [6.45, 7) is 8.93. The average Bonchev–Trinajstić information content (AvgIpc) is 2.75. The lowest BCUT2D eigenvalue weighted by Gasteiger charge is -2.33. The van der Waals surface area contributed by atoms with Crippen molar-refractivity contribution < 1.29 is 32.5 Å². The lowest BCUT2D eigenvalue weighted by Crippen LogP contribution is -2.31. The number of aliphatic carboxylic acids is 1. The number of rotatable bonds is 17. The molecule has 0 radical (unpaired) electrons. The van der Waals surface area contributed by atoms with Crippen molar-refractivity contribution >= 4 is 16.4 Å². The Labute approximate surface area is 222 Å². The van der Waals surface area contributed by atoms with Gasteiger partial charge in [0, 0.05) is 6.42 Å². The Balaban J connectivity index is 0. The minimum Gasteiger partial charge on any atom is -0.481 e. The molecule has 0 aromatic heterocycles. The van der Waals surface area contributed by atoms with Crippen LogP contribution in [0.5, 0.6) is 0 Å². The Morgan fingerprint density at radius 1 is 0.778 bits per heavy atom. The average molecular weight is 539 g/mol. The van der Waals surface area contributed by atoms with Gasteiger partial charge in [-0.3, -0.25) is 13.9 Å². The number of hydrogen-bond donors (Lipinski definition) is 4. The van der Waals surface area contributed by atoms with Gasteiger partial charge in [0.15, 0.2) is 0 Å². The van der Waals surface area contributed by atoms with Gasteiger partial charge in [0.25, 0.3) is 0 Å². The van der Waals surface area contributed by atoms with Gasteiger partial charge >= 0.3 is 16.4 Å². The molecule has 3 unspecified atom stereocenters. The molecule has 36 heavy (non-hydrogen) atoms. The second-order valence-corrected chi connectivity index (χ2v) is 11.8. The van der Waals surface area contributed by atoms with Crippen LogP contribution in [-0.2, 0) is 15.2 Å². The monoisotopic (exact) mass is 538 g/mol. The van der Waals surface area contributed by atoms with Gasteiger partial charge in [-0.15, -0.1) is 0 Å². The molecule has 1 aliphatic carbocycles. The predicted molar refractivity (Wildman–Crippen MR) is 149 cm³/mol. The highest BCUT2D eigenvalue weighted by Gasteiger charge is 2.28. The molecule has 0 heterocycles. The first-order valence-corrected chi connectivity index (χ1v) is 15.9. The maximum absolute atomic E-state index is 10.3. The zero-order chi connectivity index (χ0) is 27.8. The van der Waals surface area contributed by atoms with E-state index in [2.05, 4.69) is 27.7 Å². The number of carbonyl (C=O) groups is 1. The van der Waals surface area contributed by atoms with Gasteiger partial charge < -0.3 is 10.2 Å². The normalized spacial score (nSPS) is 19.7. The van der Waals surface area contributed by atoms with Crippen molar-refractivity contribution in [3.63, 3.8) is 0 Å². The molecule has 0 spiro atoms. The highest BCUT2D eigenvalue weighted by Crippen LogP contribution is 2.33. The van der Waals surface area contributed by atoms with Crippen LogP contribution in [0.3, 0.4) is 0 Å². The van der Waals surface area contributed by atoms with Crippen molar-refractivity contribution in [1.82, 2.24) is 0 Å². The van der Waals surface area contributed by atoms with Crippen molar-refractivity contribution in [2.75, 3.05) is 0 Å². The molecule has 0 amide bonds. The summed E-state index contributed by atoms with van der Waals surface area (Å²) >= 11 is 0. The number of aliphatic hydroxyl groups is 1. The van der Waals surface area contributed by atoms with E-state index in [9.17, 15) is 9.90 Å². The highest BCUT2D eigenvalue weighted by molar-refractivity contribution is 7.79. The third-order valence-corrected chi connectivity index (χ3v) is 6.98. The molecule has 3 atom stereocenters. The number of carboxylic acids is 1. The highest BCUT2D eigenvalue weighted by atomic mass is 32.3. The summed E-state index contributed by atoms with van der Waals surface area (Å²) in [6.07, 6.45) is 23.7. The van der Waals surface area contributed by atoms with E-state index in [1.807, 2.05) is 0 Å². The Kier molecular flexibility index (Phi) is 25.6. The maximum Gasteiger partial charge on any atom is 0.394 e. The number of unbranched alkanes of at least 4 members (excludes halogenated alkanes) is 14. The van der Waals surface area contributed by atoms with E-state index in [-0.39, 0.29) is 6.10 Å². The van der Waals surface area contributed by atoms with Gasteiger partial charge in [0.1, 0.15) is 0 Å². The molecular formula is C28H58O7S. The molecule has 1 rings (SSSR count). The second-order valence-electron chi connectivity index (χ2n) is 10.9. The molecule has 7 nitrogen and oxygen atoms in total. The van der Waals surface area contributed by atoms with E-state index >= 15 is 0 Å². The molecule has 8 heteroatoms. The van der Waals surface area contributed by atoms with Crippen molar-refractivity contribution in [1.29, 1.82) is 0 Å². The van der Waals surface area contributed by atoms with Crippen LogP contribution in [-0.4, -0.2) is 39.8 Å². The smallest absolute Gasteiger partial charge is 0.394 e. The van der Waals surface area contributed by atoms with Crippen LogP contribution in [0.1, 0.15) is 150 Å². The molecular weight excluding hydrogens is 480 g/mol. The molecule has 0 aromatic carbocycles. The van der Waals surface area contributed by atoms with Gasteiger partial charge in [-0.1, -0.05) is 124 Å². The van der Waals surface area contributed by atoms with Crippen LogP contribution >= 0.6 is 0 Å². The van der Waals surface area contributed by atoms with Gasteiger partial charge in [0.2, 0.25) is 0 Å². The van der Waals surface area contributed by atoms with Gasteiger partial charge in [-0.2, -0.15) is 8.42 Å². The molecule has 0 bridgehead atoms. The van der Waals surface area contributed by atoms with Crippen LogP contribution in [0.25, 0.3) is 0 Å². The van der Waals surface area contributed by atoms with E-state index in [0.717, 1.165) is 25.2 Å². The lowest BCUT2D eigenvalue weighted by molar-refractivity contribution is -0.137. The maximum atomic E-state index is 10.3. The first-order chi connectivity index (χ1) is 16.9. The van der Waals surface area contributed by atoms with Crippen LogP contribution in [0.4, 0.5) is 0 Å². The molecule has 1 saturated carbocycles. The molecule has 1 fully saturated rings. The Bertz CT molecular complexity index is 585. The molecule has 1 aliphatic rings. The summed E-state index contributed by atoms with van der Waals surface area (Å²) in [5.74, 6) is 1.29. The summed E-state index contributed by atoms with van der Waals surface area (Å²) in [6, 6.07) is 0. The molecule has 0 aliphatic heterocycles. The summed E-state index contributed by atoms with van der Waals surface area (Å²) in [5.41, 5.74) is 0. The minimum absolute atomic E-state index is 0.0289. The predicted octanol–water partition coefficient (Wildman–Crippen LogP) is 8.12. The third kappa shape index (κ3) is 31.3. The van der Waals surface area contributed by atoms with Crippen LogP contribution in [0, 0.1) is 17.8 Å². The summed E-state index contributed by atoms with van der Waals surface area (Å²) in [5, 5.41) is 18.2. The molecule has 218 valence electrons. The minimum atomic E-state index is -4.67. The van der Waals surface area contributed by atoms with Crippen LogP contribution in [0.15, 0.2) is 0 Å². The van der Waals surface area contributed by atoms with Crippen molar-refractivity contribution in [3.8, 4) is 0 Å². The topological polar surface area (TPSA) is 132 Å². The van der Waals surface area contributed by atoms with Crippen molar-refractivity contribution in [3.05, 3.63) is 0 Å². The third-order valence-electron chi connectivity index (χ3n) is 6.98. The standard InChI is InChI=1S/C18H36O2.C10H20O.H2O4S/c1-2-3-4-5-6-7-8-9-10-11-12-13-14-15-16-17-18(19)20;1-7(2)9-5-4-8(3)6-10(9)11;1-5(2,3)4/h2-17H2,1H3,(H,19,20);7-11H,4-6H2,1-3H3;(H2,1,2,3,4). The Hall–Kier alpha value is -0.700. The van der Waals surface area contributed by atoms with E-state index < -0.39 is 16.4 Å². The summed E-state index contributed by atoms with van der Waals surface area (Å²) in [4.78, 5) is 10.3. The van der Waals surface area contributed by atoms with Gasteiger partial charge in [-0.25, -0.2) is 0 Å². The zero-order valence-electron chi connectivity index (χ0n) is 23.7. The van der Waals surface area contributed by atoms with Crippen LogP contribution in [0.2, 0.25) is 0 Å². The van der Waals surface area contributed by atoms with Gasteiger partial charge in [0.05, 0.1) is 6.10 Å². The van der Waals surface area contributed by atoms with Crippen molar-refractivity contribution in [2.45, 2.75) is 156 Å². The fourth-order valence-corrected chi connectivity index (χ4v) is 4.80. The lowest BCUT2D eigenvalue weighted by atomic mass is 9.75. The number of aliphatic hydroxyl groups excluding tert-OH is 1. The zero-order valence-corrected chi connectivity index (χ0v) is 24.5. The quantitative estimate of drug-likeness (QED) is 0.109. The van der Waals surface area contributed by atoms with E-state index in [0.29, 0.717) is 18.3 Å². The Morgan fingerprint density at radius 2 is 1.14 bits per heavy atom.